The lowest BCUT2D eigenvalue weighted by Gasteiger charge is -2.34. The molecule has 6 rings (SSSR count). The summed E-state index contributed by atoms with van der Waals surface area (Å²) >= 11 is 0. The predicted molar refractivity (Wildman–Crippen MR) is 106 cm³/mol. The van der Waals surface area contributed by atoms with Gasteiger partial charge in [0.05, 0.1) is 13.2 Å². The Morgan fingerprint density at radius 1 is 0.793 bits per heavy atom. The van der Waals surface area contributed by atoms with Crippen LogP contribution in [0.3, 0.4) is 0 Å². The average molecular weight is 390 g/mol. The Hall–Kier alpha value is -2.28. The number of hydrogen-bond donors (Lipinski definition) is 0. The molecule has 0 unspecified atom stereocenters. The molecule has 3 aliphatic heterocycles. The molecule has 3 saturated heterocycles. The molecule has 5 heteroatoms. The van der Waals surface area contributed by atoms with Gasteiger partial charge < -0.3 is 23.7 Å². The predicted octanol–water partition coefficient (Wildman–Crippen LogP) is 3.96. The molecular weight excluding hydrogens is 368 g/mol. The molecule has 3 aliphatic rings. The van der Waals surface area contributed by atoms with Crippen LogP contribution < -0.4 is 0 Å². The van der Waals surface area contributed by atoms with Gasteiger partial charge in [0.15, 0.2) is 12.6 Å². The van der Waals surface area contributed by atoms with Crippen molar-refractivity contribution in [1.82, 2.24) is 0 Å². The fraction of sp³-hybridized carbons (Fsp3) is 0.333. The summed E-state index contributed by atoms with van der Waals surface area (Å²) in [6.45, 7) is 0.984. The SMILES string of the molecule is c1ccc(CO[C@@H]2[C@@H]3OC[C@@H](O3)[C@H]3O[C@H](c4ccc5ccccc5c4)O[C@H]23)cc1. The summed E-state index contributed by atoms with van der Waals surface area (Å²) < 4.78 is 30.7. The van der Waals surface area contributed by atoms with Gasteiger partial charge in [0.2, 0.25) is 0 Å². The van der Waals surface area contributed by atoms with E-state index in [1.165, 1.54) is 10.8 Å². The minimum Gasteiger partial charge on any atom is -0.365 e. The van der Waals surface area contributed by atoms with Crippen LogP contribution in [-0.4, -0.2) is 37.3 Å². The maximum atomic E-state index is 6.37. The zero-order valence-electron chi connectivity index (χ0n) is 15.8. The normalized spacial score (nSPS) is 33.1. The van der Waals surface area contributed by atoms with Gasteiger partial charge in [-0.2, -0.15) is 0 Å². The summed E-state index contributed by atoms with van der Waals surface area (Å²) in [6, 6.07) is 24.7. The Morgan fingerprint density at radius 2 is 1.59 bits per heavy atom. The quantitative estimate of drug-likeness (QED) is 0.675. The van der Waals surface area contributed by atoms with Gasteiger partial charge in [-0.15, -0.1) is 0 Å². The highest BCUT2D eigenvalue weighted by molar-refractivity contribution is 5.83. The molecule has 6 atom stereocenters. The molecule has 0 aromatic heterocycles. The van der Waals surface area contributed by atoms with Crippen LogP contribution in [0, 0.1) is 0 Å². The Morgan fingerprint density at radius 3 is 2.48 bits per heavy atom. The van der Waals surface area contributed by atoms with Crippen LogP contribution in [-0.2, 0) is 30.3 Å². The van der Waals surface area contributed by atoms with E-state index in [1.54, 1.807) is 0 Å². The van der Waals surface area contributed by atoms with Crippen LogP contribution in [0.2, 0.25) is 0 Å². The first kappa shape index (κ1) is 17.6. The molecule has 5 nitrogen and oxygen atoms in total. The van der Waals surface area contributed by atoms with Crippen molar-refractivity contribution in [2.45, 2.75) is 43.6 Å². The van der Waals surface area contributed by atoms with Crippen molar-refractivity contribution in [3.63, 3.8) is 0 Å². The zero-order chi connectivity index (χ0) is 19.2. The maximum absolute atomic E-state index is 6.37. The summed E-state index contributed by atoms with van der Waals surface area (Å²) in [7, 11) is 0. The Kier molecular flexibility index (Phi) is 4.36. The monoisotopic (exact) mass is 390 g/mol. The van der Waals surface area contributed by atoms with Crippen molar-refractivity contribution >= 4 is 10.8 Å². The molecule has 3 heterocycles. The average Bonchev–Trinajstić information content (AvgIpc) is 3.41. The van der Waals surface area contributed by atoms with Crippen molar-refractivity contribution in [2.24, 2.45) is 0 Å². The summed E-state index contributed by atoms with van der Waals surface area (Å²) in [4.78, 5) is 0. The van der Waals surface area contributed by atoms with E-state index in [4.69, 9.17) is 23.7 Å². The standard InChI is InChI=1S/C24H22O5/c1-2-6-15(7-3-1)13-25-22-21-20(19-14-26-24(22)27-19)28-23(29-21)18-11-10-16-8-4-5-9-17(16)12-18/h1-12,19-24H,13-14H2/t19-,20-,21+,22+,23+,24-/m1/s1. The number of fused-ring (bicyclic) bond motifs is 5. The summed E-state index contributed by atoms with van der Waals surface area (Å²) in [6.07, 6.45) is -1.71. The highest BCUT2D eigenvalue weighted by atomic mass is 16.8. The summed E-state index contributed by atoms with van der Waals surface area (Å²) in [5.74, 6) is 0. The molecule has 0 saturated carbocycles. The summed E-state index contributed by atoms with van der Waals surface area (Å²) in [5, 5.41) is 2.37. The van der Waals surface area contributed by atoms with E-state index in [-0.39, 0.29) is 24.4 Å². The second kappa shape index (κ2) is 7.20. The van der Waals surface area contributed by atoms with Crippen molar-refractivity contribution < 1.29 is 23.7 Å². The van der Waals surface area contributed by atoms with Crippen molar-refractivity contribution in [2.75, 3.05) is 6.61 Å². The maximum Gasteiger partial charge on any atom is 0.187 e. The number of ether oxygens (including phenoxy) is 5. The van der Waals surface area contributed by atoms with Crippen molar-refractivity contribution in [3.05, 3.63) is 83.9 Å². The molecule has 0 aliphatic carbocycles. The third-order valence-corrected chi connectivity index (χ3v) is 5.91. The number of benzene rings is 3. The van der Waals surface area contributed by atoms with E-state index in [9.17, 15) is 0 Å². The first-order valence-corrected chi connectivity index (χ1v) is 10.1. The molecule has 3 aromatic rings. The fourth-order valence-corrected chi connectivity index (χ4v) is 4.43. The van der Waals surface area contributed by atoms with E-state index in [0.717, 1.165) is 11.1 Å². The van der Waals surface area contributed by atoms with Crippen LogP contribution in [0.15, 0.2) is 72.8 Å². The second-order valence-electron chi connectivity index (χ2n) is 7.78. The Balaban J connectivity index is 1.24. The van der Waals surface area contributed by atoms with Gasteiger partial charge in [-0.1, -0.05) is 66.7 Å². The highest BCUT2D eigenvalue weighted by Crippen LogP contribution is 2.43. The van der Waals surface area contributed by atoms with Gasteiger partial charge >= 0.3 is 0 Å². The van der Waals surface area contributed by atoms with Crippen LogP contribution >= 0.6 is 0 Å². The van der Waals surface area contributed by atoms with Crippen LogP contribution in [0.25, 0.3) is 10.8 Å². The Bertz CT molecular complexity index is 1010. The molecule has 0 N–H and O–H groups in total. The molecule has 3 aromatic carbocycles. The van der Waals surface area contributed by atoms with Crippen LogP contribution in [0.1, 0.15) is 17.4 Å². The number of rotatable bonds is 4. The third-order valence-electron chi connectivity index (χ3n) is 5.91. The van der Waals surface area contributed by atoms with Gasteiger partial charge in [0, 0.05) is 5.56 Å². The van der Waals surface area contributed by atoms with Gasteiger partial charge in [-0.25, -0.2) is 0 Å². The van der Waals surface area contributed by atoms with E-state index in [2.05, 4.69) is 30.3 Å². The minimum absolute atomic E-state index is 0.118. The molecule has 0 amide bonds. The molecule has 2 bridgehead atoms. The molecule has 0 spiro atoms. The molecule has 3 fully saturated rings. The lowest BCUT2D eigenvalue weighted by Crippen LogP contribution is -2.53. The van der Waals surface area contributed by atoms with E-state index >= 15 is 0 Å². The first-order chi connectivity index (χ1) is 14.3. The van der Waals surface area contributed by atoms with Gasteiger partial charge in [0.1, 0.15) is 24.4 Å². The molecule has 0 radical (unpaired) electrons. The van der Waals surface area contributed by atoms with Crippen molar-refractivity contribution in [3.8, 4) is 0 Å². The zero-order valence-corrected chi connectivity index (χ0v) is 15.8. The van der Waals surface area contributed by atoms with Gasteiger partial charge in [-0.05, 0) is 22.4 Å². The highest BCUT2D eigenvalue weighted by Gasteiger charge is 2.57. The van der Waals surface area contributed by atoms with E-state index in [1.807, 2.05) is 42.5 Å². The van der Waals surface area contributed by atoms with Gasteiger partial charge in [0.25, 0.3) is 0 Å². The topological polar surface area (TPSA) is 46.2 Å². The first-order valence-electron chi connectivity index (χ1n) is 10.1. The Labute approximate surface area is 169 Å². The van der Waals surface area contributed by atoms with E-state index < -0.39 is 12.6 Å². The minimum atomic E-state index is -0.430. The lowest BCUT2D eigenvalue weighted by atomic mass is 10.0. The van der Waals surface area contributed by atoms with Crippen molar-refractivity contribution in [1.29, 1.82) is 0 Å². The molecule has 148 valence electrons. The van der Waals surface area contributed by atoms with E-state index in [0.29, 0.717) is 13.2 Å². The molecule has 29 heavy (non-hydrogen) atoms. The largest absolute Gasteiger partial charge is 0.365 e. The molecular formula is C24H22O5. The second-order valence-corrected chi connectivity index (χ2v) is 7.78. The lowest BCUT2D eigenvalue weighted by molar-refractivity contribution is -0.223. The smallest absolute Gasteiger partial charge is 0.187 e. The van der Waals surface area contributed by atoms with Crippen LogP contribution in [0.4, 0.5) is 0 Å². The number of hydrogen-bond acceptors (Lipinski definition) is 5. The third kappa shape index (κ3) is 3.16. The fourth-order valence-electron chi connectivity index (χ4n) is 4.43. The summed E-state index contributed by atoms with van der Waals surface area (Å²) in [5.41, 5.74) is 2.12. The van der Waals surface area contributed by atoms with Gasteiger partial charge in [-0.3, -0.25) is 0 Å². The van der Waals surface area contributed by atoms with Crippen LogP contribution in [0.5, 0.6) is 0 Å².